The Bertz CT molecular complexity index is 175. The maximum Gasteiger partial charge on any atom is 0.316 e. The van der Waals surface area contributed by atoms with Gasteiger partial charge in [-0.3, -0.25) is 9.59 Å². The predicted octanol–water partition coefficient (Wildman–Crippen LogP) is 1.94. The lowest BCUT2D eigenvalue weighted by Crippen LogP contribution is -2.25. The third-order valence-corrected chi connectivity index (χ3v) is 1.89. The van der Waals surface area contributed by atoms with Crippen molar-refractivity contribution in [3.63, 3.8) is 0 Å². The normalized spacial score (nSPS) is 12.2. The summed E-state index contributed by atoms with van der Waals surface area (Å²) in [5, 5.41) is 0. The average Bonchev–Trinajstić information content (AvgIpc) is 2.13. The number of carbonyl (C=O) groups excluding carboxylic acids is 2. The van der Waals surface area contributed by atoms with Crippen LogP contribution in [0.1, 0.15) is 40.0 Å². The minimum atomic E-state index is -0.532. The summed E-state index contributed by atoms with van der Waals surface area (Å²) in [6, 6.07) is 0. The van der Waals surface area contributed by atoms with Crippen molar-refractivity contribution in [3.05, 3.63) is 0 Å². The molecular weight excluding hydrogens is 168 g/mol. The molecule has 0 aliphatic rings. The number of ketones is 1. The molecule has 0 fully saturated rings. The highest BCUT2D eigenvalue weighted by molar-refractivity contribution is 5.98. The van der Waals surface area contributed by atoms with Gasteiger partial charge in [0.05, 0.1) is 6.61 Å². The minimum Gasteiger partial charge on any atom is -0.465 e. The van der Waals surface area contributed by atoms with Crippen LogP contribution in [0.4, 0.5) is 0 Å². The highest BCUT2D eigenvalue weighted by Crippen LogP contribution is 2.11. The van der Waals surface area contributed by atoms with Crippen LogP contribution in [0, 0.1) is 5.92 Å². The zero-order valence-electron chi connectivity index (χ0n) is 8.63. The van der Waals surface area contributed by atoms with E-state index in [4.69, 9.17) is 4.74 Å². The van der Waals surface area contributed by atoms with E-state index < -0.39 is 5.92 Å². The summed E-state index contributed by atoms with van der Waals surface area (Å²) in [6.07, 6.45) is 1.84. The van der Waals surface area contributed by atoms with Crippen molar-refractivity contribution in [3.8, 4) is 0 Å². The van der Waals surface area contributed by atoms with Crippen molar-refractivity contribution in [1.82, 2.24) is 0 Å². The number of rotatable bonds is 6. The number of carbonyl (C=O) groups is 2. The molecule has 13 heavy (non-hydrogen) atoms. The molecule has 0 bridgehead atoms. The van der Waals surface area contributed by atoms with Crippen molar-refractivity contribution in [2.75, 3.05) is 6.61 Å². The van der Waals surface area contributed by atoms with Gasteiger partial charge >= 0.3 is 5.97 Å². The summed E-state index contributed by atoms with van der Waals surface area (Å²) < 4.78 is 4.82. The van der Waals surface area contributed by atoms with Gasteiger partial charge in [0.2, 0.25) is 0 Å². The first-order chi connectivity index (χ1) is 6.17. The van der Waals surface area contributed by atoms with Gasteiger partial charge in [0.15, 0.2) is 0 Å². The second-order valence-electron chi connectivity index (χ2n) is 2.91. The van der Waals surface area contributed by atoms with Crippen LogP contribution < -0.4 is 0 Å². The molecule has 0 saturated carbocycles. The van der Waals surface area contributed by atoms with Crippen LogP contribution in [0.15, 0.2) is 0 Å². The van der Waals surface area contributed by atoms with E-state index in [1.807, 2.05) is 6.92 Å². The third-order valence-electron chi connectivity index (χ3n) is 1.89. The second kappa shape index (κ2) is 6.63. The molecule has 3 nitrogen and oxygen atoms in total. The van der Waals surface area contributed by atoms with E-state index in [-0.39, 0.29) is 11.8 Å². The van der Waals surface area contributed by atoms with Crippen LogP contribution in [0.25, 0.3) is 0 Å². The molecule has 0 rings (SSSR count). The SMILES string of the molecule is CCCC(C(=O)CC)C(=O)OCC. The van der Waals surface area contributed by atoms with E-state index in [0.717, 1.165) is 6.42 Å². The van der Waals surface area contributed by atoms with Crippen molar-refractivity contribution < 1.29 is 14.3 Å². The smallest absolute Gasteiger partial charge is 0.316 e. The summed E-state index contributed by atoms with van der Waals surface area (Å²) >= 11 is 0. The summed E-state index contributed by atoms with van der Waals surface area (Å²) in [5.74, 6) is -0.911. The Morgan fingerprint density at radius 1 is 1.23 bits per heavy atom. The topological polar surface area (TPSA) is 43.4 Å². The van der Waals surface area contributed by atoms with Gasteiger partial charge < -0.3 is 4.74 Å². The maximum atomic E-state index is 11.3. The van der Waals surface area contributed by atoms with Crippen molar-refractivity contribution in [2.45, 2.75) is 40.0 Å². The monoisotopic (exact) mass is 186 g/mol. The Morgan fingerprint density at radius 3 is 2.23 bits per heavy atom. The zero-order valence-corrected chi connectivity index (χ0v) is 8.63. The van der Waals surface area contributed by atoms with Crippen LogP contribution in [0.3, 0.4) is 0 Å². The predicted molar refractivity (Wildman–Crippen MR) is 50.3 cm³/mol. The van der Waals surface area contributed by atoms with Gasteiger partial charge in [-0.05, 0) is 13.3 Å². The maximum absolute atomic E-state index is 11.3. The van der Waals surface area contributed by atoms with Gasteiger partial charge in [-0.2, -0.15) is 0 Å². The minimum absolute atomic E-state index is 0.0136. The van der Waals surface area contributed by atoms with Crippen LogP contribution >= 0.6 is 0 Å². The molecule has 0 heterocycles. The molecule has 0 aliphatic carbocycles. The Labute approximate surface area is 79.5 Å². The molecule has 0 aromatic heterocycles. The standard InChI is InChI=1S/C10H18O3/c1-4-7-8(9(11)5-2)10(12)13-6-3/h8H,4-7H2,1-3H3. The molecule has 0 aromatic rings. The first-order valence-electron chi connectivity index (χ1n) is 4.86. The first kappa shape index (κ1) is 12.1. The van der Waals surface area contributed by atoms with E-state index in [0.29, 0.717) is 19.4 Å². The molecule has 76 valence electrons. The number of esters is 1. The van der Waals surface area contributed by atoms with E-state index in [2.05, 4.69) is 0 Å². The van der Waals surface area contributed by atoms with Crippen LogP contribution in [0.2, 0.25) is 0 Å². The van der Waals surface area contributed by atoms with E-state index in [1.165, 1.54) is 0 Å². The molecule has 0 amide bonds. The summed E-state index contributed by atoms with van der Waals surface area (Å²) in [7, 11) is 0. The lowest BCUT2D eigenvalue weighted by atomic mass is 9.97. The number of Topliss-reactive ketones (excluding diaryl/α,β-unsaturated/α-hetero) is 1. The van der Waals surface area contributed by atoms with E-state index in [9.17, 15) is 9.59 Å². The van der Waals surface area contributed by atoms with Crippen molar-refractivity contribution >= 4 is 11.8 Å². The second-order valence-corrected chi connectivity index (χ2v) is 2.91. The van der Waals surface area contributed by atoms with Crippen molar-refractivity contribution in [2.24, 2.45) is 5.92 Å². The van der Waals surface area contributed by atoms with Crippen molar-refractivity contribution in [1.29, 1.82) is 0 Å². The van der Waals surface area contributed by atoms with Gasteiger partial charge in [-0.25, -0.2) is 0 Å². The fourth-order valence-electron chi connectivity index (χ4n) is 1.19. The quantitative estimate of drug-likeness (QED) is 0.470. The van der Waals surface area contributed by atoms with Gasteiger partial charge in [0.1, 0.15) is 11.7 Å². The van der Waals surface area contributed by atoms with Gasteiger partial charge in [0.25, 0.3) is 0 Å². The number of ether oxygens (including phenoxy) is 1. The first-order valence-corrected chi connectivity index (χ1v) is 4.86. The average molecular weight is 186 g/mol. The Balaban J connectivity index is 4.22. The molecule has 0 radical (unpaired) electrons. The Morgan fingerprint density at radius 2 is 1.85 bits per heavy atom. The summed E-state index contributed by atoms with van der Waals surface area (Å²) in [4.78, 5) is 22.6. The molecule has 0 saturated heterocycles. The number of hydrogen-bond acceptors (Lipinski definition) is 3. The van der Waals surface area contributed by atoms with Gasteiger partial charge in [0, 0.05) is 6.42 Å². The number of hydrogen-bond donors (Lipinski definition) is 0. The molecule has 0 aliphatic heterocycles. The molecule has 0 spiro atoms. The molecule has 0 aromatic carbocycles. The summed E-state index contributed by atoms with van der Waals surface area (Å²) in [6.45, 7) is 5.81. The third kappa shape index (κ3) is 4.06. The Kier molecular flexibility index (Phi) is 6.20. The fraction of sp³-hybridized carbons (Fsp3) is 0.800. The van der Waals surface area contributed by atoms with Crippen LogP contribution in [-0.4, -0.2) is 18.4 Å². The van der Waals surface area contributed by atoms with Crippen LogP contribution in [0.5, 0.6) is 0 Å². The highest BCUT2D eigenvalue weighted by Gasteiger charge is 2.24. The van der Waals surface area contributed by atoms with Gasteiger partial charge in [-0.1, -0.05) is 20.3 Å². The zero-order chi connectivity index (χ0) is 10.3. The largest absolute Gasteiger partial charge is 0.465 e. The van der Waals surface area contributed by atoms with Crippen LogP contribution in [-0.2, 0) is 14.3 Å². The summed E-state index contributed by atoms with van der Waals surface area (Å²) in [5.41, 5.74) is 0. The molecule has 0 N–H and O–H groups in total. The molecular formula is C10H18O3. The lowest BCUT2D eigenvalue weighted by Gasteiger charge is -2.11. The highest BCUT2D eigenvalue weighted by atomic mass is 16.5. The fourth-order valence-corrected chi connectivity index (χ4v) is 1.19. The molecule has 3 heteroatoms. The molecule has 1 unspecified atom stereocenters. The Hall–Kier alpha value is -0.860. The molecule has 1 atom stereocenters. The van der Waals surface area contributed by atoms with E-state index in [1.54, 1.807) is 13.8 Å². The van der Waals surface area contributed by atoms with E-state index >= 15 is 0 Å². The van der Waals surface area contributed by atoms with Gasteiger partial charge in [-0.15, -0.1) is 0 Å². The lowest BCUT2D eigenvalue weighted by molar-refractivity contribution is -0.151.